The van der Waals surface area contributed by atoms with E-state index < -0.39 is 11.2 Å². The fourth-order valence-corrected chi connectivity index (χ4v) is 7.31. The SMILES string of the molecule is CC(C)(C)OC(=O)N1CCC[C@H]1c1nc(Br)c(-c2ccc(-c3ccc(-c4[nH]c([C@@H]5CCCN5C(=O)OC(C)(C)C)nc4Br)cc3)cc2)[nH]1. The number of H-pyrrole nitrogens is 2. The summed E-state index contributed by atoms with van der Waals surface area (Å²) < 4.78 is 12.7. The predicted octanol–water partition coefficient (Wildman–Crippen LogP) is 9.80. The van der Waals surface area contributed by atoms with Gasteiger partial charge in [-0.05, 0) is 110 Å². The molecule has 4 aromatic rings. The summed E-state index contributed by atoms with van der Waals surface area (Å²) in [6.07, 6.45) is 2.83. The first-order chi connectivity index (χ1) is 22.7. The third-order valence-electron chi connectivity index (χ3n) is 8.43. The third kappa shape index (κ3) is 7.49. The van der Waals surface area contributed by atoms with Gasteiger partial charge in [-0.3, -0.25) is 9.80 Å². The highest BCUT2D eigenvalue weighted by molar-refractivity contribution is 9.10. The largest absolute Gasteiger partial charge is 0.444 e. The number of ether oxygens (including phenoxy) is 2. The molecular weight excluding hydrogens is 740 g/mol. The Morgan fingerprint density at radius 2 is 0.979 bits per heavy atom. The van der Waals surface area contributed by atoms with E-state index >= 15 is 0 Å². The lowest BCUT2D eigenvalue weighted by Crippen LogP contribution is -2.36. The molecule has 0 saturated carbocycles. The Balaban J connectivity index is 1.15. The first-order valence-corrected chi connectivity index (χ1v) is 18.0. The molecule has 10 nitrogen and oxygen atoms in total. The van der Waals surface area contributed by atoms with Crippen molar-refractivity contribution in [3.63, 3.8) is 0 Å². The highest BCUT2D eigenvalue weighted by Crippen LogP contribution is 2.38. The second-order valence-corrected chi connectivity index (χ2v) is 15.9. The Labute approximate surface area is 298 Å². The number of imidazole rings is 2. The molecule has 254 valence electrons. The van der Waals surface area contributed by atoms with Crippen LogP contribution in [0.2, 0.25) is 0 Å². The zero-order valence-corrected chi connectivity index (χ0v) is 31.4. The molecule has 2 aliphatic rings. The molecule has 4 heterocycles. The number of amides is 2. The van der Waals surface area contributed by atoms with Crippen molar-refractivity contribution in [2.45, 2.75) is 90.5 Å². The Kier molecular flexibility index (Phi) is 9.52. The number of hydrogen-bond donors (Lipinski definition) is 2. The standard InChI is InChI=1S/C36H42Br2N6O4/c1-35(2,3)47-33(45)43-19-7-9-25(43)31-39-27(29(37)41-31)23-15-11-21(12-16-23)22-13-17-24(18-14-22)28-30(38)42-32(40-28)26-10-8-20-44(26)34(46)48-36(4,5)6/h11-18,25-26H,7-10,19-20H2,1-6H3,(H,39,41)(H,40,42)/t25-,26-/m0/s1. The summed E-state index contributed by atoms with van der Waals surface area (Å²) in [6, 6.07) is 16.3. The molecule has 2 saturated heterocycles. The van der Waals surface area contributed by atoms with Crippen LogP contribution in [0, 0.1) is 0 Å². The summed E-state index contributed by atoms with van der Waals surface area (Å²) in [5, 5.41) is 0. The number of nitrogens with zero attached hydrogens (tertiary/aromatic N) is 4. The number of likely N-dealkylation sites (tertiary alicyclic amines) is 2. The summed E-state index contributed by atoms with van der Waals surface area (Å²) in [4.78, 5) is 45.7. The van der Waals surface area contributed by atoms with Gasteiger partial charge in [0.05, 0.1) is 23.5 Å². The topological polar surface area (TPSA) is 116 Å². The van der Waals surface area contributed by atoms with Crippen molar-refractivity contribution in [1.29, 1.82) is 0 Å². The molecule has 2 N–H and O–H groups in total. The number of benzene rings is 2. The molecular formula is C36H42Br2N6O4. The van der Waals surface area contributed by atoms with Crippen molar-refractivity contribution in [1.82, 2.24) is 29.7 Å². The van der Waals surface area contributed by atoms with E-state index in [0.717, 1.165) is 71.0 Å². The van der Waals surface area contributed by atoms with E-state index in [1.54, 1.807) is 9.80 Å². The molecule has 12 heteroatoms. The van der Waals surface area contributed by atoms with Gasteiger partial charge in [-0.1, -0.05) is 48.5 Å². The molecule has 0 aliphatic carbocycles. The molecule has 0 bridgehead atoms. The van der Waals surface area contributed by atoms with Gasteiger partial charge < -0.3 is 19.4 Å². The van der Waals surface area contributed by atoms with E-state index in [4.69, 9.17) is 19.4 Å². The van der Waals surface area contributed by atoms with Gasteiger partial charge in [-0.2, -0.15) is 0 Å². The van der Waals surface area contributed by atoms with Crippen molar-refractivity contribution in [3.05, 3.63) is 69.4 Å². The van der Waals surface area contributed by atoms with Gasteiger partial charge >= 0.3 is 12.2 Å². The lowest BCUT2D eigenvalue weighted by Gasteiger charge is -2.27. The zero-order chi connectivity index (χ0) is 34.4. The minimum absolute atomic E-state index is 0.157. The summed E-state index contributed by atoms with van der Waals surface area (Å²) in [7, 11) is 0. The van der Waals surface area contributed by atoms with Gasteiger partial charge in [-0.25, -0.2) is 19.6 Å². The van der Waals surface area contributed by atoms with E-state index in [9.17, 15) is 9.59 Å². The molecule has 2 atom stereocenters. The molecule has 2 aromatic heterocycles. The van der Waals surface area contributed by atoms with Crippen molar-refractivity contribution in [2.24, 2.45) is 0 Å². The van der Waals surface area contributed by atoms with Crippen LogP contribution in [0.5, 0.6) is 0 Å². The van der Waals surface area contributed by atoms with Crippen LogP contribution in [-0.2, 0) is 9.47 Å². The Hall–Kier alpha value is -3.64. The molecule has 0 radical (unpaired) electrons. The van der Waals surface area contributed by atoms with Crippen LogP contribution in [0.1, 0.15) is 91.0 Å². The highest BCUT2D eigenvalue weighted by atomic mass is 79.9. The van der Waals surface area contributed by atoms with Crippen molar-refractivity contribution < 1.29 is 19.1 Å². The second kappa shape index (κ2) is 13.3. The lowest BCUT2D eigenvalue weighted by atomic mass is 10.0. The third-order valence-corrected chi connectivity index (χ3v) is 9.58. The van der Waals surface area contributed by atoms with Crippen LogP contribution in [-0.4, -0.2) is 66.2 Å². The van der Waals surface area contributed by atoms with E-state index in [2.05, 4.69) is 90.4 Å². The molecule has 2 aromatic carbocycles. The van der Waals surface area contributed by atoms with Gasteiger partial charge in [-0.15, -0.1) is 0 Å². The quantitative estimate of drug-likeness (QED) is 0.208. The maximum absolute atomic E-state index is 12.9. The summed E-state index contributed by atoms with van der Waals surface area (Å²) in [6.45, 7) is 12.6. The van der Waals surface area contributed by atoms with E-state index in [1.807, 2.05) is 41.5 Å². The smallest absolute Gasteiger partial charge is 0.410 e. The van der Waals surface area contributed by atoms with Crippen LogP contribution >= 0.6 is 31.9 Å². The van der Waals surface area contributed by atoms with Crippen molar-refractivity contribution in [3.8, 4) is 33.6 Å². The number of carbonyl (C=O) groups excluding carboxylic acids is 2. The highest BCUT2D eigenvalue weighted by Gasteiger charge is 2.36. The number of nitrogens with one attached hydrogen (secondary N) is 2. The second-order valence-electron chi connectivity index (χ2n) is 14.4. The van der Waals surface area contributed by atoms with Crippen LogP contribution < -0.4 is 0 Å². The van der Waals surface area contributed by atoms with Crippen molar-refractivity contribution in [2.75, 3.05) is 13.1 Å². The van der Waals surface area contributed by atoms with Crippen molar-refractivity contribution >= 4 is 44.0 Å². The maximum atomic E-state index is 12.9. The summed E-state index contributed by atoms with van der Waals surface area (Å²) in [5.41, 5.74) is 4.78. The van der Waals surface area contributed by atoms with Crippen LogP contribution in [0.15, 0.2) is 57.7 Å². The number of rotatable bonds is 5. The number of hydrogen-bond acceptors (Lipinski definition) is 6. The fraction of sp³-hybridized carbons (Fsp3) is 0.444. The number of aromatic amines is 2. The van der Waals surface area contributed by atoms with Gasteiger partial charge in [0.25, 0.3) is 0 Å². The molecule has 0 unspecified atom stereocenters. The molecule has 2 aliphatic heterocycles. The van der Waals surface area contributed by atoms with Crippen LogP contribution in [0.3, 0.4) is 0 Å². The molecule has 48 heavy (non-hydrogen) atoms. The number of halogens is 2. The number of aromatic nitrogens is 4. The van der Waals surface area contributed by atoms with Crippen LogP contribution in [0.4, 0.5) is 9.59 Å². The lowest BCUT2D eigenvalue weighted by molar-refractivity contribution is 0.0208. The molecule has 6 rings (SSSR count). The summed E-state index contributed by atoms with van der Waals surface area (Å²) in [5.74, 6) is 1.50. The average Bonchev–Trinajstić information content (AvgIpc) is 3.81. The zero-order valence-electron chi connectivity index (χ0n) is 28.2. The average molecular weight is 783 g/mol. The van der Waals surface area contributed by atoms with E-state index in [0.29, 0.717) is 22.3 Å². The Bertz CT molecular complexity index is 1650. The molecule has 2 amide bonds. The van der Waals surface area contributed by atoms with Gasteiger partial charge in [0, 0.05) is 24.2 Å². The van der Waals surface area contributed by atoms with Crippen LogP contribution in [0.25, 0.3) is 33.6 Å². The molecule has 0 spiro atoms. The maximum Gasteiger partial charge on any atom is 0.410 e. The molecule has 2 fully saturated rings. The predicted molar refractivity (Wildman–Crippen MR) is 192 cm³/mol. The minimum Gasteiger partial charge on any atom is -0.444 e. The van der Waals surface area contributed by atoms with Gasteiger partial charge in [0.15, 0.2) is 0 Å². The van der Waals surface area contributed by atoms with E-state index in [-0.39, 0.29) is 24.3 Å². The minimum atomic E-state index is -0.553. The fourth-order valence-electron chi connectivity index (χ4n) is 6.28. The van der Waals surface area contributed by atoms with Gasteiger partial charge in [0.1, 0.15) is 32.1 Å². The van der Waals surface area contributed by atoms with Gasteiger partial charge in [0.2, 0.25) is 0 Å². The Morgan fingerprint density at radius 1 is 0.646 bits per heavy atom. The monoisotopic (exact) mass is 780 g/mol. The first-order valence-electron chi connectivity index (χ1n) is 16.4. The number of carbonyl (C=O) groups is 2. The Morgan fingerprint density at radius 3 is 1.31 bits per heavy atom. The van der Waals surface area contributed by atoms with E-state index in [1.165, 1.54) is 0 Å². The summed E-state index contributed by atoms with van der Waals surface area (Å²) >= 11 is 7.27. The first kappa shape index (κ1) is 34.2. The normalized spacial score (nSPS) is 18.4.